The van der Waals surface area contributed by atoms with Crippen LogP contribution in [0.3, 0.4) is 0 Å². The van der Waals surface area contributed by atoms with E-state index in [1.807, 2.05) is 0 Å². The molecule has 2 unspecified atom stereocenters. The van der Waals surface area contributed by atoms with Crippen LogP contribution in [0, 0.1) is 0 Å². The molecule has 0 aromatic rings. The van der Waals surface area contributed by atoms with Gasteiger partial charge in [-0.15, -0.1) is 0 Å². The van der Waals surface area contributed by atoms with Gasteiger partial charge >= 0.3 is 5.97 Å². The number of carbonyl (C=O) groups is 2. The molecule has 0 radical (unpaired) electrons. The van der Waals surface area contributed by atoms with Gasteiger partial charge in [0.15, 0.2) is 6.10 Å². The summed E-state index contributed by atoms with van der Waals surface area (Å²) in [6, 6.07) is 0. The van der Waals surface area contributed by atoms with Gasteiger partial charge in [-0.3, -0.25) is 4.79 Å². The van der Waals surface area contributed by atoms with Gasteiger partial charge in [0, 0.05) is 5.57 Å². The molecule has 0 heterocycles. The van der Waals surface area contributed by atoms with E-state index in [1.54, 1.807) is 0 Å². The van der Waals surface area contributed by atoms with Crippen molar-refractivity contribution in [1.82, 2.24) is 0 Å². The molecule has 0 saturated carbocycles. The topological polar surface area (TPSA) is 83.8 Å². The number of hydrogen-bond donors (Lipinski definition) is 2. The highest BCUT2D eigenvalue weighted by molar-refractivity contribution is 6.00. The quantitative estimate of drug-likeness (QED) is 0.493. The summed E-state index contributed by atoms with van der Waals surface area (Å²) in [6.07, 6.45) is -2.90. The number of hydrogen-bond acceptors (Lipinski definition) is 5. The zero-order chi connectivity index (χ0) is 12.9. The minimum Gasteiger partial charge on any atom is -0.448 e. The standard InChI is InChI=1S/C11H16O5/c1-6(2)9(14)10(8(13)5-12)16-11(15)7(3)4/h8,10,12-13H,1,3,5H2,2,4H3. The van der Waals surface area contributed by atoms with Crippen molar-refractivity contribution in [1.29, 1.82) is 0 Å². The number of ketones is 1. The first-order valence-electron chi connectivity index (χ1n) is 4.66. The predicted molar refractivity (Wildman–Crippen MR) is 57.6 cm³/mol. The van der Waals surface area contributed by atoms with Gasteiger partial charge in [-0.25, -0.2) is 4.79 Å². The Kier molecular flexibility index (Phi) is 5.63. The van der Waals surface area contributed by atoms with E-state index >= 15 is 0 Å². The zero-order valence-corrected chi connectivity index (χ0v) is 9.40. The molecule has 0 aromatic carbocycles. The van der Waals surface area contributed by atoms with Crippen LogP contribution >= 0.6 is 0 Å². The molecule has 0 fully saturated rings. The van der Waals surface area contributed by atoms with Crippen LogP contribution in [0.25, 0.3) is 0 Å². The second kappa shape index (κ2) is 6.19. The highest BCUT2D eigenvalue weighted by atomic mass is 16.6. The average Bonchev–Trinajstić information content (AvgIpc) is 2.23. The number of aliphatic hydroxyl groups is 2. The van der Waals surface area contributed by atoms with E-state index in [2.05, 4.69) is 13.2 Å². The molecule has 0 spiro atoms. The lowest BCUT2D eigenvalue weighted by Gasteiger charge is -2.20. The first-order chi connectivity index (χ1) is 7.31. The van der Waals surface area contributed by atoms with E-state index in [-0.39, 0.29) is 11.1 Å². The Morgan fingerprint density at radius 1 is 1.25 bits per heavy atom. The Balaban J connectivity index is 4.82. The van der Waals surface area contributed by atoms with Gasteiger partial charge in [-0.1, -0.05) is 13.2 Å². The maximum absolute atomic E-state index is 11.5. The van der Waals surface area contributed by atoms with Crippen molar-refractivity contribution >= 4 is 11.8 Å². The highest BCUT2D eigenvalue weighted by Crippen LogP contribution is 2.09. The van der Waals surface area contributed by atoms with Gasteiger partial charge in [0.25, 0.3) is 0 Å². The van der Waals surface area contributed by atoms with Gasteiger partial charge in [0.1, 0.15) is 6.10 Å². The number of esters is 1. The van der Waals surface area contributed by atoms with E-state index in [0.29, 0.717) is 0 Å². The van der Waals surface area contributed by atoms with Crippen LogP contribution in [0.15, 0.2) is 24.3 Å². The fourth-order valence-corrected chi connectivity index (χ4v) is 0.861. The number of Topliss-reactive ketones (excluding diaryl/α,β-unsaturated/α-hetero) is 1. The van der Waals surface area contributed by atoms with Crippen molar-refractivity contribution in [2.24, 2.45) is 0 Å². The molecule has 0 saturated heterocycles. The second-order valence-electron chi connectivity index (χ2n) is 3.50. The number of carbonyl (C=O) groups excluding carboxylic acids is 2. The minimum absolute atomic E-state index is 0.102. The highest BCUT2D eigenvalue weighted by Gasteiger charge is 2.30. The minimum atomic E-state index is -1.47. The van der Waals surface area contributed by atoms with Gasteiger partial charge in [0.2, 0.25) is 5.78 Å². The first kappa shape index (κ1) is 14.5. The fourth-order valence-electron chi connectivity index (χ4n) is 0.861. The molecule has 0 aliphatic heterocycles. The monoisotopic (exact) mass is 228 g/mol. The van der Waals surface area contributed by atoms with Crippen LogP contribution in [-0.4, -0.2) is 40.8 Å². The summed E-state index contributed by atoms with van der Waals surface area (Å²) in [5, 5.41) is 18.1. The third-order valence-electron chi connectivity index (χ3n) is 1.80. The summed E-state index contributed by atoms with van der Waals surface area (Å²) >= 11 is 0. The SMILES string of the molecule is C=C(C)C(=O)OC(C(=O)C(=C)C)C(O)CO. The number of ether oxygens (including phenoxy) is 1. The molecule has 0 aromatic heterocycles. The molecule has 2 N–H and O–H groups in total. The number of aliphatic hydroxyl groups excluding tert-OH is 2. The van der Waals surface area contributed by atoms with E-state index in [1.165, 1.54) is 13.8 Å². The van der Waals surface area contributed by atoms with E-state index < -0.39 is 30.6 Å². The van der Waals surface area contributed by atoms with Crippen LogP contribution in [0.2, 0.25) is 0 Å². The summed E-state index contributed by atoms with van der Waals surface area (Å²) < 4.78 is 4.73. The molecular weight excluding hydrogens is 212 g/mol. The van der Waals surface area contributed by atoms with Crippen molar-refractivity contribution in [2.45, 2.75) is 26.1 Å². The van der Waals surface area contributed by atoms with Crippen molar-refractivity contribution in [2.75, 3.05) is 6.61 Å². The van der Waals surface area contributed by atoms with Crippen LogP contribution in [0.5, 0.6) is 0 Å². The molecular formula is C11H16O5. The van der Waals surface area contributed by atoms with Crippen LogP contribution in [0.4, 0.5) is 0 Å². The van der Waals surface area contributed by atoms with Crippen LogP contribution in [-0.2, 0) is 14.3 Å². The molecule has 0 amide bonds. The van der Waals surface area contributed by atoms with E-state index in [9.17, 15) is 14.7 Å². The predicted octanol–water partition coefficient (Wildman–Crippen LogP) is -0.0273. The lowest BCUT2D eigenvalue weighted by molar-refractivity contribution is -0.158. The molecule has 0 bridgehead atoms. The van der Waals surface area contributed by atoms with Gasteiger partial charge in [-0.2, -0.15) is 0 Å². The molecule has 0 aliphatic carbocycles. The summed E-state index contributed by atoms with van der Waals surface area (Å²) in [4.78, 5) is 22.7. The van der Waals surface area contributed by atoms with Crippen molar-refractivity contribution in [3.63, 3.8) is 0 Å². The maximum Gasteiger partial charge on any atom is 0.333 e. The fraction of sp³-hybridized carbons (Fsp3) is 0.455. The average molecular weight is 228 g/mol. The summed E-state index contributed by atoms with van der Waals surface area (Å²) in [5.74, 6) is -1.43. The molecule has 2 atom stereocenters. The maximum atomic E-state index is 11.5. The van der Waals surface area contributed by atoms with Gasteiger partial charge in [-0.05, 0) is 19.4 Å². The van der Waals surface area contributed by atoms with Crippen LogP contribution in [0.1, 0.15) is 13.8 Å². The summed E-state index contributed by atoms with van der Waals surface area (Å²) in [5.41, 5.74) is 0.233. The summed E-state index contributed by atoms with van der Waals surface area (Å²) in [7, 11) is 0. The Morgan fingerprint density at radius 2 is 1.75 bits per heavy atom. The first-order valence-corrected chi connectivity index (χ1v) is 4.66. The molecule has 0 rings (SSSR count). The largest absolute Gasteiger partial charge is 0.448 e. The molecule has 5 nitrogen and oxygen atoms in total. The molecule has 0 aliphatic rings. The lowest BCUT2D eigenvalue weighted by Crippen LogP contribution is -2.40. The third kappa shape index (κ3) is 3.96. The molecule has 16 heavy (non-hydrogen) atoms. The van der Waals surface area contributed by atoms with Crippen molar-refractivity contribution in [3.8, 4) is 0 Å². The zero-order valence-electron chi connectivity index (χ0n) is 9.40. The Labute approximate surface area is 94.0 Å². The second-order valence-corrected chi connectivity index (χ2v) is 3.50. The van der Waals surface area contributed by atoms with Crippen molar-refractivity contribution in [3.05, 3.63) is 24.3 Å². The Hall–Kier alpha value is -1.46. The third-order valence-corrected chi connectivity index (χ3v) is 1.80. The summed E-state index contributed by atoms with van der Waals surface area (Å²) in [6.45, 7) is 8.88. The lowest BCUT2D eigenvalue weighted by atomic mass is 10.0. The van der Waals surface area contributed by atoms with Crippen LogP contribution < -0.4 is 0 Å². The van der Waals surface area contributed by atoms with Crippen molar-refractivity contribution < 1.29 is 24.5 Å². The smallest absolute Gasteiger partial charge is 0.333 e. The molecule has 5 heteroatoms. The normalized spacial score (nSPS) is 13.8. The van der Waals surface area contributed by atoms with E-state index in [4.69, 9.17) is 9.84 Å². The van der Waals surface area contributed by atoms with Gasteiger partial charge < -0.3 is 14.9 Å². The molecule has 90 valence electrons. The Morgan fingerprint density at radius 3 is 2.06 bits per heavy atom. The van der Waals surface area contributed by atoms with E-state index in [0.717, 1.165) is 0 Å². The van der Waals surface area contributed by atoms with Gasteiger partial charge in [0.05, 0.1) is 6.61 Å². The number of rotatable bonds is 6. The Bertz CT molecular complexity index is 318.